The zero-order valence-corrected chi connectivity index (χ0v) is 13.8. The van der Waals surface area contributed by atoms with Gasteiger partial charge in [-0.3, -0.25) is 4.79 Å². The average molecular weight is 326 g/mol. The fraction of sp³-hybridized carbons (Fsp3) is 0.625. The predicted molar refractivity (Wildman–Crippen MR) is 89.2 cm³/mol. The van der Waals surface area contributed by atoms with Crippen molar-refractivity contribution in [2.45, 2.75) is 45.1 Å². The van der Waals surface area contributed by atoms with E-state index >= 15 is 0 Å². The fourth-order valence-electron chi connectivity index (χ4n) is 3.98. The molecule has 2 atom stereocenters. The molecule has 122 valence electrons. The van der Waals surface area contributed by atoms with Crippen LogP contribution >= 0.6 is 12.4 Å². The molecule has 2 fully saturated rings. The van der Waals surface area contributed by atoms with E-state index in [0.717, 1.165) is 44.5 Å². The maximum atomic E-state index is 12.5. The highest BCUT2D eigenvalue weighted by Crippen LogP contribution is 2.49. The Morgan fingerprint density at radius 2 is 2.23 bits per heavy atom. The topological polar surface area (TPSA) is 68.5 Å². The summed E-state index contributed by atoms with van der Waals surface area (Å²) in [5.41, 5.74) is 6.05. The van der Waals surface area contributed by atoms with Gasteiger partial charge < -0.3 is 15.4 Å². The molecule has 2 unspecified atom stereocenters. The number of fused-ring (bicyclic) bond motifs is 1. The number of halogens is 1. The van der Waals surface area contributed by atoms with Crippen molar-refractivity contribution in [3.05, 3.63) is 18.3 Å². The van der Waals surface area contributed by atoms with Gasteiger partial charge in [-0.15, -0.1) is 12.4 Å². The molecule has 0 aromatic carbocycles. The smallest absolute Gasteiger partial charge is 0.314 e. The summed E-state index contributed by atoms with van der Waals surface area (Å²) in [6.45, 7) is 3.27. The molecule has 1 aromatic rings. The van der Waals surface area contributed by atoms with Crippen molar-refractivity contribution in [3.8, 4) is 0 Å². The number of nitrogen functional groups attached to an aromatic ring is 1. The van der Waals surface area contributed by atoms with Crippen molar-refractivity contribution in [1.82, 2.24) is 4.98 Å². The molecule has 0 radical (unpaired) electrons. The van der Waals surface area contributed by atoms with E-state index in [1.165, 1.54) is 0 Å². The van der Waals surface area contributed by atoms with Crippen LogP contribution in [0.1, 0.15) is 39.0 Å². The third kappa shape index (κ3) is 2.74. The second-order valence-corrected chi connectivity index (χ2v) is 6.03. The minimum Gasteiger partial charge on any atom is -0.466 e. The van der Waals surface area contributed by atoms with Gasteiger partial charge in [0.25, 0.3) is 0 Å². The Morgan fingerprint density at radius 1 is 1.45 bits per heavy atom. The van der Waals surface area contributed by atoms with Crippen LogP contribution < -0.4 is 10.6 Å². The highest BCUT2D eigenvalue weighted by Gasteiger charge is 2.54. The summed E-state index contributed by atoms with van der Waals surface area (Å²) in [6.07, 6.45) is 6.66. The molecule has 0 spiro atoms. The van der Waals surface area contributed by atoms with E-state index in [0.29, 0.717) is 12.3 Å². The van der Waals surface area contributed by atoms with Crippen LogP contribution in [0.25, 0.3) is 0 Å². The molecule has 22 heavy (non-hydrogen) atoms. The molecule has 1 aliphatic carbocycles. The highest BCUT2D eigenvalue weighted by molar-refractivity contribution is 5.85. The summed E-state index contributed by atoms with van der Waals surface area (Å²) < 4.78 is 5.38. The van der Waals surface area contributed by atoms with Crippen LogP contribution in [0, 0.1) is 5.41 Å². The lowest BCUT2D eigenvalue weighted by atomic mass is 9.75. The summed E-state index contributed by atoms with van der Waals surface area (Å²) >= 11 is 0. The second-order valence-electron chi connectivity index (χ2n) is 6.03. The third-order valence-corrected chi connectivity index (χ3v) is 4.88. The van der Waals surface area contributed by atoms with Crippen LogP contribution in [0.15, 0.2) is 18.3 Å². The molecule has 2 N–H and O–H groups in total. The molecule has 0 amide bonds. The van der Waals surface area contributed by atoms with Crippen LogP contribution in [0.4, 0.5) is 11.5 Å². The number of nitrogens with two attached hydrogens (primary N) is 1. The standard InChI is InChI=1S/C16H23N3O2.ClH/c1-2-21-15(20)16-8-3-5-13(16)19(10-4-9-16)14-7-6-12(17)11-18-14;/h6-7,11,13H,2-5,8-10,17H2,1H3;1H. The molecular formula is C16H24ClN3O2. The van der Waals surface area contributed by atoms with Crippen molar-refractivity contribution < 1.29 is 9.53 Å². The van der Waals surface area contributed by atoms with Crippen molar-refractivity contribution in [1.29, 1.82) is 0 Å². The van der Waals surface area contributed by atoms with Gasteiger partial charge in [-0.1, -0.05) is 6.42 Å². The summed E-state index contributed by atoms with van der Waals surface area (Å²) in [6, 6.07) is 4.04. The molecule has 3 rings (SSSR count). The molecule has 0 bridgehead atoms. The van der Waals surface area contributed by atoms with E-state index < -0.39 is 0 Å². The number of rotatable bonds is 3. The van der Waals surface area contributed by atoms with E-state index in [9.17, 15) is 4.79 Å². The first kappa shape index (κ1) is 16.9. The van der Waals surface area contributed by atoms with Crippen molar-refractivity contribution in [2.24, 2.45) is 5.41 Å². The number of hydrogen-bond donors (Lipinski definition) is 1. The van der Waals surface area contributed by atoms with Gasteiger partial charge in [0.05, 0.1) is 23.9 Å². The van der Waals surface area contributed by atoms with Gasteiger partial charge in [-0.2, -0.15) is 0 Å². The number of aromatic nitrogens is 1. The number of esters is 1. The Balaban J connectivity index is 0.00000176. The number of piperidine rings is 1. The maximum absolute atomic E-state index is 12.5. The Bertz CT molecular complexity index is 523. The number of nitrogens with zero attached hydrogens (tertiary/aromatic N) is 2. The van der Waals surface area contributed by atoms with E-state index in [-0.39, 0.29) is 29.8 Å². The Morgan fingerprint density at radius 3 is 2.91 bits per heavy atom. The SMILES string of the molecule is CCOC(=O)C12CCCC1N(c1ccc(N)cn1)CCC2.Cl. The maximum Gasteiger partial charge on any atom is 0.314 e. The summed E-state index contributed by atoms with van der Waals surface area (Å²) in [5, 5.41) is 0. The van der Waals surface area contributed by atoms with Gasteiger partial charge in [0, 0.05) is 12.6 Å². The molecule has 1 aliphatic heterocycles. The zero-order valence-electron chi connectivity index (χ0n) is 13.0. The van der Waals surface area contributed by atoms with E-state index in [4.69, 9.17) is 10.5 Å². The van der Waals surface area contributed by atoms with Gasteiger partial charge in [0.1, 0.15) is 5.82 Å². The van der Waals surface area contributed by atoms with Gasteiger partial charge in [0.15, 0.2) is 0 Å². The number of hydrogen-bond acceptors (Lipinski definition) is 5. The first-order valence-electron chi connectivity index (χ1n) is 7.83. The van der Waals surface area contributed by atoms with Crippen molar-refractivity contribution >= 4 is 29.9 Å². The normalized spacial score (nSPS) is 27.0. The quantitative estimate of drug-likeness (QED) is 0.865. The van der Waals surface area contributed by atoms with E-state index in [1.54, 1.807) is 6.20 Å². The molecule has 1 saturated heterocycles. The number of carbonyl (C=O) groups excluding carboxylic acids is 1. The largest absolute Gasteiger partial charge is 0.466 e. The Hall–Kier alpha value is -1.49. The van der Waals surface area contributed by atoms with Gasteiger partial charge in [0.2, 0.25) is 0 Å². The molecule has 6 heteroatoms. The first-order chi connectivity index (χ1) is 10.2. The Labute approximate surface area is 137 Å². The zero-order chi connectivity index (χ0) is 14.9. The van der Waals surface area contributed by atoms with Crippen LogP contribution in [-0.4, -0.2) is 30.1 Å². The molecular weight excluding hydrogens is 302 g/mol. The molecule has 1 saturated carbocycles. The van der Waals surface area contributed by atoms with Crippen LogP contribution in [-0.2, 0) is 9.53 Å². The van der Waals surface area contributed by atoms with Gasteiger partial charge >= 0.3 is 5.97 Å². The second kappa shape index (κ2) is 6.73. The monoisotopic (exact) mass is 325 g/mol. The number of anilines is 2. The van der Waals surface area contributed by atoms with Gasteiger partial charge in [-0.25, -0.2) is 4.98 Å². The summed E-state index contributed by atoms with van der Waals surface area (Å²) in [7, 11) is 0. The summed E-state index contributed by atoms with van der Waals surface area (Å²) in [5.74, 6) is 0.900. The Kier molecular flexibility index (Phi) is 5.16. The van der Waals surface area contributed by atoms with Crippen LogP contribution in [0.2, 0.25) is 0 Å². The van der Waals surface area contributed by atoms with E-state index in [2.05, 4.69) is 9.88 Å². The lowest BCUT2D eigenvalue weighted by molar-refractivity contribution is -0.157. The molecule has 2 heterocycles. The number of carbonyl (C=O) groups is 1. The first-order valence-corrected chi connectivity index (χ1v) is 7.83. The molecule has 5 nitrogen and oxygen atoms in total. The highest BCUT2D eigenvalue weighted by atomic mass is 35.5. The summed E-state index contributed by atoms with van der Waals surface area (Å²) in [4.78, 5) is 19.3. The fourth-order valence-corrected chi connectivity index (χ4v) is 3.98. The predicted octanol–water partition coefficient (Wildman–Crippen LogP) is 2.79. The minimum atomic E-state index is -0.336. The lowest BCUT2D eigenvalue weighted by Crippen LogP contribution is -2.54. The van der Waals surface area contributed by atoms with Gasteiger partial charge in [-0.05, 0) is 44.7 Å². The number of pyridine rings is 1. The van der Waals surface area contributed by atoms with Crippen LogP contribution in [0.3, 0.4) is 0 Å². The third-order valence-electron chi connectivity index (χ3n) is 4.88. The molecule has 1 aromatic heterocycles. The van der Waals surface area contributed by atoms with E-state index in [1.807, 2.05) is 19.1 Å². The average Bonchev–Trinajstić information content (AvgIpc) is 2.93. The van der Waals surface area contributed by atoms with Crippen molar-refractivity contribution in [2.75, 3.05) is 23.8 Å². The van der Waals surface area contributed by atoms with Crippen LogP contribution in [0.5, 0.6) is 0 Å². The number of ether oxygens (including phenoxy) is 1. The molecule has 2 aliphatic rings. The van der Waals surface area contributed by atoms with Crippen molar-refractivity contribution in [3.63, 3.8) is 0 Å². The minimum absolute atomic E-state index is 0. The lowest BCUT2D eigenvalue weighted by Gasteiger charge is -2.45.